The summed E-state index contributed by atoms with van der Waals surface area (Å²) >= 11 is 5.90. The summed E-state index contributed by atoms with van der Waals surface area (Å²) in [4.78, 5) is 0. The molecular weight excluding hydrogens is 260 g/mol. The number of benzene rings is 1. The van der Waals surface area contributed by atoms with E-state index in [0.717, 1.165) is 34.1 Å². The highest BCUT2D eigenvalue weighted by atomic mass is 35.5. The highest BCUT2D eigenvalue weighted by Gasteiger charge is 2.20. The number of hydrogen-bond acceptors (Lipinski definition) is 3. The Hall–Kier alpha value is -1.29. The second kappa shape index (κ2) is 5.78. The second-order valence-corrected chi connectivity index (χ2v) is 5.24. The van der Waals surface area contributed by atoms with E-state index in [4.69, 9.17) is 21.9 Å². The van der Waals surface area contributed by atoms with Crippen LogP contribution >= 0.6 is 11.6 Å². The van der Waals surface area contributed by atoms with Crippen LogP contribution in [0.15, 0.2) is 28.7 Å². The number of hydrazine groups is 1. The molecule has 0 amide bonds. The van der Waals surface area contributed by atoms with Crippen LogP contribution in [0.3, 0.4) is 0 Å². The molecule has 1 atom stereocenters. The normalized spacial score (nSPS) is 12.7. The maximum atomic E-state index is 5.90. The topological polar surface area (TPSA) is 51.2 Å². The third-order valence-electron chi connectivity index (χ3n) is 3.52. The Balaban J connectivity index is 2.27. The van der Waals surface area contributed by atoms with Crippen molar-refractivity contribution in [2.24, 2.45) is 5.84 Å². The van der Waals surface area contributed by atoms with Gasteiger partial charge in [0.1, 0.15) is 11.5 Å². The molecule has 0 aliphatic rings. The first kappa shape index (κ1) is 14.1. The van der Waals surface area contributed by atoms with E-state index >= 15 is 0 Å². The van der Waals surface area contributed by atoms with Crippen molar-refractivity contribution in [2.75, 3.05) is 0 Å². The van der Waals surface area contributed by atoms with E-state index in [9.17, 15) is 0 Å². The lowest BCUT2D eigenvalue weighted by Crippen LogP contribution is -2.30. The summed E-state index contributed by atoms with van der Waals surface area (Å²) in [6.07, 6.45) is 0.800. The summed E-state index contributed by atoms with van der Waals surface area (Å²) in [5, 5.41) is 0.743. The van der Waals surface area contributed by atoms with Gasteiger partial charge in [-0.15, -0.1) is 0 Å². The molecule has 3 nitrogen and oxygen atoms in total. The van der Waals surface area contributed by atoms with Gasteiger partial charge in [-0.3, -0.25) is 11.3 Å². The lowest BCUT2D eigenvalue weighted by atomic mass is 9.96. The minimum absolute atomic E-state index is 0.0404. The van der Waals surface area contributed by atoms with Crippen LogP contribution in [0.25, 0.3) is 0 Å². The first-order valence-electron chi connectivity index (χ1n) is 6.30. The molecule has 0 radical (unpaired) electrons. The van der Waals surface area contributed by atoms with Crippen molar-refractivity contribution in [3.63, 3.8) is 0 Å². The zero-order valence-corrected chi connectivity index (χ0v) is 12.2. The minimum Gasteiger partial charge on any atom is -0.466 e. The van der Waals surface area contributed by atoms with Crippen molar-refractivity contribution in [1.82, 2.24) is 5.43 Å². The van der Waals surface area contributed by atoms with E-state index in [1.807, 2.05) is 38.1 Å². The molecule has 3 N–H and O–H groups in total. The number of aryl methyl sites for hydroxylation is 2. The van der Waals surface area contributed by atoms with Gasteiger partial charge in [0, 0.05) is 10.6 Å². The fourth-order valence-corrected chi connectivity index (χ4v) is 2.55. The summed E-state index contributed by atoms with van der Waals surface area (Å²) in [5.41, 5.74) is 6.38. The summed E-state index contributed by atoms with van der Waals surface area (Å²) in [6, 6.07) is 7.86. The SMILES string of the molecule is Cc1oc(C)c(C(Cc2ccc(Cl)cc2)NN)c1C. The Bertz CT molecular complexity index is 560. The molecule has 1 aromatic heterocycles. The Morgan fingerprint density at radius 3 is 2.26 bits per heavy atom. The van der Waals surface area contributed by atoms with Gasteiger partial charge in [0.05, 0.1) is 6.04 Å². The van der Waals surface area contributed by atoms with Crippen molar-refractivity contribution in [3.05, 3.63) is 57.5 Å². The summed E-state index contributed by atoms with van der Waals surface area (Å²) < 4.78 is 5.67. The number of rotatable bonds is 4. The Kier molecular flexibility index (Phi) is 4.30. The minimum atomic E-state index is 0.0404. The molecule has 2 rings (SSSR count). The fourth-order valence-electron chi connectivity index (χ4n) is 2.42. The van der Waals surface area contributed by atoms with Crippen LogP contribution in [0.2, 0.25) is 5.02 Å². The number of hydrogen-bond donors (Lipinski definition) is 2. The molecule has 0 aliphatic heterocycles. The Morgan fingerprint density at radius 1 is 1.16 bits per heavy atom. The van der Waals surface area contributed by atoms with Gasteiger partial charge in [-0.1, -0.05) is 23.7 Å². The maximum absolute atomic E-state index is 5.90. The summed E-state index contributed by atoms with van der Waals surface area (Å²) in [7, 11) is 0. The first-order valence-corrected chi connectivity index (χ1v) is 6.67. The van der Waals surface area contributed by atoms with Crippen LogP contribution in [-0.4, -0.2) is 0 Å². The van der Waals surface area contributed by atoms with Crippen molar-refractivity contribution in [3.8, 4) is 0 Å². The van der Waals surface area contributed by atoms with Gasteiger partial charge in [0.25, 0.3) is 0 Å². The van der Waals surface area contributed by atoms with Crippen LogP contribution in [0, 0.1) is 20.8 Å². The fraction of sp³-hybridized carbons (Fsp3) is 0.333. The molecule has 0 bridgehead atoms. The van der Waals surface area contributed by atoms with Crippen molar-refractivity contribution >= 4 is 11.6 Å². The second-order valence-electron chi connectivity index (χ2n) is 4.80. The molecule has 0 saturated carbocycles. The van der Waals surface area contributed by atoms with Crippen LogP contribution < -0.4 is 11.3 Å². The van der Waals surface area contributed by atoms with Crippen LogP contribution in [-0.2, 0) is 6.42 Å². The van der Waals surface area contributed by atoms with Crippen molar-refractivity contribution in [2.45, 2.75) is 33.2 Å². The number of furan rings is 1. The van der Waals surface area contributed by atoms with Crippen molar-refractivity contribution in [1.29, 1.82) is 0 Å². The Labute approximate surface area is 118 Å². The smallest absolute Gasteiger partial charge is 0.106 e. The van der Waals surface area contributed by atoms with Gasteiger partial charge in [0.15, 0.2) is 0 Å². The summed E-state index contributed by atoms with van der Waals surface area (Å²) in [6.45, 7) is 6.01. The first-order chi connectivity index (χ1) is 9.02. The van der Waals surface area contributed by atoms with Crippen LogP contribution in [0.5, 0.6) is 0 Å². The Morgan fingerprint density at radius 2 is 1.79 bits per heavy atom. The largest absolute Gasteiger partial charge is 0.466 e. The third kappa shape index (κ3) is 3.00. The van der Waals surface area contributed by atoms with E-state index in [1.165, 1.54) is 5.56 Å². The number of halogens is 1. The third-order valence-corrected chi connectivity index (χ3v) is 3.77. The molecule has 1 aromatic carbocycles. The van der Waals surface area contributed by atoms with E-state index < -0.39 is 0 Å². The van der Waals surface area contributed by atoms with E-state index in [1.54, 1.807) is 0 Å². The zero-order valence-electron chi connectivity index (χ0n) is 11.5. The van der Waals surface area contributed by atoms with E-state index in [0.29, 0.717) is 0 Å². The molecule has 1 unspecified atom stereocenters. The molecule has 0 aliphatic carbocycles. The van der Waals surface area contributed by atoms with Crippen LogP contribution in [0.1, 0.15) is 34.3 Å². The van der Waals surface area contributed by atoms with Gasteiger partial charge in [-0.25, -0.2) is 0 Å². The zero-order chi connectivity index (χ0) is 14.0. The lowest BCUT2D eigenvalue weighted by molar-refractivity contribution is 0.484. The highest BCUT2D eigenvalue weighted by molar-refractivity contribution is 6.30. The molecule has 2 aromatic rings. The molecule has 102 valence electrons. The van der Waals surface area contributed by atoms with Crippen LogP contribution in [0.4, 0.5) is 0 Å². The van der Waals surface area contributed by atoms with Crippen molar-refractivity contribution < 1.29 is 4.42 Å². The van der Waals surface area contributed by atoms with Gasteiger partial charge in [-0.2, -0.15) is 0 Å². The van der Waals surface area contributed by atoms with Gasteiger partial charge < -0.3 is 4.42 Å². The monoisotopic (exact) mass is 278 g/mol. The number of nitrogens with one attached hydrogen (secondary N) is 1. The molecule has 0 saturated heterocycles. The standard InChI is InChI=1S/C15H19ClN2O/c1-9-10(2)19-11(3)15(9)14(18-17)8-12-4-6-13(16)7-5-12/h4-7,14,18H,8,17H2,1-3H3. The predicted octanol–water partition coefficient (Wildman–Crippen LogP) is 3.61. The molecular formula is C15H19ClN2O. The molecule has 0 fully saturated rings. The quantitative estimate of drug-likeness (QED) is 0.664. The molecule has 19 heavy (non-hydrogen) atoms. The van der Waals surface area contributed by atoms with E-state index in [-0.39, 0.29) is 6.04 Å². The van der Waals surface area contributed by atoms with E-state index in [2.05, 4.69) is 12.3 Å². The molecule has 0 spiro atoms. The average Bonchev–Trinajstić information content (AvgIpc) is 2.63. The molecule has 1 heterocycles. The summed E-state index contributed by atoms with van der Waals surface area (Å²) in [5.74, 6) is 7.58. The highest BCUT2D eigenvalue weighted by Crippen LogP contribution is 2.29. The van der Waals surface area contributed by atoms with Gasteiger partial charge >= 0.3 is 0 Å². The van der Waals surface area contributed by atoms with Gasteiger partial charge in [-0.05, 0) is 50.5 Å². The number of nitrogens with two attached hydrogens (primary N) is 1. The van der Waals surface area contributed by atoms with Gasteiger partial charge in [0.2, 0.25) is 0 Å². The maximum Gasteiger partial charge on any atom is 0.106 e. The molecule has 4 heteroatoms. The predicted molar refractivity (Wildman–Crippen MR) is 78.1 cm³/mol. The lowest BCUT2D eigenvalue weighted by Gasteiger charge is -2.16. The average molecular weight is 279 g/mol.